The quantitative estimate of drug-likeness (QED) is 0.744. The van der Waals surface area contributed by atoms with Crippen molar-refractivity contribution in [3.8, 4) is 0 Å². The summed E-state index contributed by atoms with van der Waals surface area (Å²) in [6.45, 7) is 7.88. The van der Waals surface area contributed by atoms with Crippen molar-refractivity contribution in [1.82, 2.24) is 9.78 Å². The van der Waals surface area contributed by atoms with Gasteiger partial charge in [-0.1, -0.05) is 5.57 Å². The highest BCUT2D eigenvalue weighted by atomic mass is 15.3. The first kappa shape index (κ1) is 11.0. The molecule has 0 aromatic carbocycles. The maximum atomic E-state index is 6.06. The highest BCUT2D eigenvalue weighted by molar-refractivity contribution is 5.12. The van der Waals surface area contributed by atoms with E-state index in [2.05, 4.69) is 11.7 Å². The first-order valence-corrected chi connectivity index (χ1v) is 4.91. The number of rotatable bonds is 4. The Morgan fingerprint density at radius 1 is 1.71 bits per heavy atom. The number of aryl methyl sites for hydroxylation is 2. The fourth-order valence-electron chi connectivity index (χ4n) is 1.53. The fourth-order valence-corrected chi connectivity index (χ4v) is 1.53. The molecule has 0 amide bonds. The normalized spacial score (nSPS) is 12.9. The number of nitrogens with zero attached hydrogens (tertiary/aromatic N) is 2. The van der Waals surface area contributed by atoms with E-state index >= 15 is 0 Å². The van der Waals surface area contributed by atoms with Gasteiger partial charge in [0.2, 0.25) is 0 Å². The van der Waals surface area contributed by atoms with Crippen molar-refractivity contribution in [1.29, 1.82) is 0 Å². The minimum atomic E-state index is 0.0675. The van der Waals surface area contributed by atoms with Crippen molar-refractivity contribution in [2.24, 2.45) is 12.8 Å². The van der Waals surface area contributed by atoms with Crippen LogP contribution in [-0.2, 0) is 7.05 Å². The van der Waals surface area contributed by atoms with Crippen molar-refractivity contribution in [3.63, 3.8) is 0 Å². The number of nitrogens with two attached hydrogens (primary N) is 1. The van der Waals surface area contributed by atoms with E-state index in [1.807, 2.05) is 31.6 Å². The summed E-state index contributed by atoms with van der Waals surface area (Å²) in [4.78, 5) is 0. The summed E-state index contributed by atoms with van der Waals surface area (Å²) in [6, 6.07) is 2.11. The summed E-state index contributed by atoms with van der Waals surface area (Å²) in [5.74, 6) is 0. The Kier molecular flexibility index (Phi) is 3.47. The first-order chi connectivity index (χ1) is 6.50. The molecule has 0 bridgehead atoms. The molecule has 14 heavy (non-hydrogen) atoms. The lowest BCUT2D eigenvalue weighted by atomic mass is 10.1. The molecule has 3 heteroatoms. The molecule has 0 aliphatic carbocycles. The molecule has 78 valence electrons. The minimum Gasteiger partial charge on any atom is -0.323 e. The second-order valence-electron chi connectivity index (χ2n) is 3.94. The van der Waals surface area contributed by atoms with Gasteiger partial charge in [0.1, 0.15) is 0 Å². The predicted molar refractivity (Wildman–Crippen MR) is 58.9 cm³/mol. The summed E-state index contributed by atoms with van der Waals surface area (Å²) < 4.78 is 1.86. The van der Waals surface area contributed by atoms with Gasteiger partial charge in [-0.05, 0) is 32.8 Å². The van der Waals surface area contributed by atoms with E-state index in [0.717, 1.165) is 24.2 Å². The van der Waals surface area contributed by atoms with Crippen LogP contribution in [0.2, 0.25) is 0 Å². The number of hydrogen-bond donors (Lipinski definition) is 1. The molecular weight excluding hydrogens is 174 g/mol. The standard InChI is InChI=1S/C11H19N3/c1-8(2)5-6-10(12)11-7-9(3)13-14(11)4/h7,10H,1,5-6,12H2,2-4H3. The van der Waals surface area contributed by atoms with E-state index in [0.29, 0.717) is 0 Å². The molecule has 0 radical (unpaired) electrons. The molecule has 0 saturated carbocycles. The van der Waals surface area contributed by atoms with Crippen LogP contribution in [0, 0.1) is 6.92 Å². The number of hydrogen-bond acceptors (Lipinski definition) is 2. The third kappa shape index (κ3) is 2.70. The van der Waals surface area contributed by atoms with Crippen LogP contribution in [-0.4, -0.2) is 9.78 Å². The Morgan fingerprint density at radius 3 is 2.79 bits per heavy atom. The molecule has 1 atom stereocenters. The molecule has 0 aliphatic heterocycles. The van der Waals surface area contributed by atoms with E-state index in [4.69, 9.17) is 5.73 Å². The summed E-state index contributed by atoms with van der Waals surface area (Å²) in [7, 11) is 1.93. The lowest BCUT2D eigenvalue weighted by Crippen LogP contribution is -2.14. The van der Waals surface area contributed by atoms with Gasteiger partial charge >= 0.3 is 0 Å². The molecule has 0 aliphatic rings. The van der Waals surface area contributed by atoms with Crippen LogP contribution in [0.4, 0.5) is 0 Å². The van der Waals surface area contributed by atoms with Gasteiger partial charge in [0.15, 0.2) is 0 Å². The zero-order chi connectivity index (χ0) is 10.7. The average molecular weight is 193 g/mol. The lowest BCUT2D eigenvalue weighted by molar-refractivity contribution is 0.580. The summed E-state index contributed by atoms with van der Waals surface area (Å²) in [5, 5.41) is 4.27. The Bertz CT molecular complexity index is 325. The smallest absolute Gasteiger partial charge is 0.0597 e. The average Bonchev–Trinajstić information content (AvgIpc) is 2.41. The van der Waals surface area contributed by atoms with Crippen LogP contribution in [0.5, 0.6) is 0 Å². The van der Waals surface area contributed by atoms with Crippen molar-refractivity contribution in [3.05, 3.63) is 29.6 Å². The van der Waals surface area contributed by atoms with Gasteiger partial charge in [0.25, 0.3) is 0 Å². The maximum Gasteiger partial charge on any atom is 0.0597 e. The molecule has 2 N–H and O–H groups in total. The maximum absolute atomic E-state index is 6.06. The van der Waals surface area contributed by atoms with E-state index in [-0.39, 0.29) is 6.04 Å². The molecule has 1 aromatic rings. The minimum absolute atomic E-state index is 0.0675. The Hall–Kier alpha value is -1.09. The molecule has 1 rings (SSSR count). The second kappa shape index (κ2) is 4.42. The monoisotopic (exact) mass is 193 g/mol. The Morgan fingerprint density at radius 2 is 2.36 bits per heavy atom. The van der Waals surface area contributed by atoms with E-state index in [9.17, 15) is 0 Å². The molecule has 3 nitrogen and oxygen atoms in total. The van der Waals surface area contributed by atoms with Gasteiger partial charge in [-0.15, -0.1) is 6.58 Å². The van der Waals surface area contributed by atoms with Gasteiger partial charge in [-0.25, -0.2) is 0 Å². The fraction of sp³-hybridized carbons (Fsp3) is 0.545. The van der Waals surface area contributed by atoms with Crippen LogP contribution < -0.4 is 5.73 Å². The zero-order valence-corrected chi connectivity index (χ0v) is 9.25. The Labute approximate surface area is 85.6 Å². The van der Waals surface area contributed by atoms with Gasteiger partial charge in [-0.2, -0.15) is 5.10 Å². The molecular formula is C11H19N3. The van der Waals surface area contributed by atoms with Gasteiger partial charge in [0.05, 0.1) is 11.4 Å². The zero-order valence-electron chi connectivity index (χ0n) is 9.25. The summed E-state index contributed by atoms with van der Waals surface area (Å²) in [6.07, 6.45) is 1.92. The molecule has 1 unspecified atom stereocenters. The topological polar surface area (TPSA) is 43.8 Å². The number of allylic oxidation sites excluding steroid dienone is 1. The molecule has 0 saturated heterocycles. The van der Waals surface area contributed by atoms with Crippen molar-refractivity contribution < 1.29 is 0 Å². The SMILES string of the molecule is C=C(C)CCC(N)c1cc(C)nn1C. The van der Waals surface area contributed by atoms with Gasteiger partial charge in [-0.3, -0.25) is 4.68 Å². The lowest BCUT2D eigenvalue weighted by Gasteiger charge is -2.11. The largest absolute Gasteiger partial charge is 0.323 e. The van der Waals surface area contributed by atoms with E-state index in [1.165, 1.54) is 5.57 Å². The predicted octanol–water partition coefficient (Wildman–Crippen LogP) is 2.08. The van der Waals surface area contributed by atoms with Gasteiger partial charge < -0.3 is 5.73 Å². The van der Waals surface area contributed by atoms with Crippen molar-refractivity contribution in [2.45, 2.75) is 32.7 Å². The molecule has 0 fully saturated rings. The number of aromatic nitrogens is 2. The highest BCUT2D eigenvalue weighted by Crippen LogP contribution is 2.17. The second-order valence-corrected chi connectivity index (χ2v) is 3.94. The molecule has 1 heterocycles. The molecule has 0 spiro atoms. The van der Waals surface area contributed by atoms with Crippen LogP contribution in [0.3, 0.4) is 0 Å². The van der Waals surface area contributed by atoms with Crippen molar-refractivity contribution >= 4 is 0 Å². The van der Waals surface area contributed by atoms with E-state index < -0.39 is 0 Å². The van der Waals surface area contributed by atoms with Crippen LogP contribution in [0.15, 0.2) is 18.2 Å². The van der Waals surface area contributed by atoms with Crippen LogP contribution in [0.1, 0.15) is 37.2 Å². The van der Waals surface area contributed by atoms with Crippen molar-refractivity contribution in [2.75, 3.05) is 0 Å². The van der Waals surface area contributed by atoms with E-state index in [1.54, 1.807) is 0 Å². The molecule has 1 aromatic heterocycles. The first-order valence-electron chi connectivity index (χ1n) is 4.91. The van der Waals surface area contributed by atoms with Crippen LogP contribution >= 0.6 is 0 Å². The summed E-state index contributed by atoms with van der Waals surface area (Å²) >= 11 is 0. The van der Waals surface area contributed by atoms with Gasteiger partial charge in [0, 0.05) is 13.1 Å². The highest BCUT2D eigenvalue weighted by Gasteiger charge is 2.10. The summed E-state index contributed by atoms with van der Waals surface area (Å²) in [5.41, 5.74) is 9.36. The van der Waals surface area contributed by atoms with Crippen LogP contribution in [0.25, 0.3) is 0 Å². The third-order valence-electron chi connectivity index (χ3n) is 2.30. The Balaban J connectivity index is 2.64. The third-order valence-corrected chi connectivity index (χ3v) is 2.30.